The monoisotopic (exact) mass is 535 g/mol. The number of nitro groups is 1. The number of unbranched alkanes of at least 4 members (excludes halogenated alkanes) is 1. The van der Waals surface area contributed by atoms with E-state index in [0.717, 1.165) is 19.5 Å². The van der Waals surface area contributed by atoms with Gasteiger partial charge in [-0.2, -0.15) is 0 Å². The molecule has 3 aromatic rings. The molecule has 0 fully saturated rings. The van der Waals surface area contributed by atoms with Crippen LogP contribution in [0.3, 0.4) is 0 Å². The lowest BCUT2D eigenvalue weighted by atomic mass is 9.93. The Morgan fingerprint density at radius 1 is 0.763 bits per heavy atom. The number of nitrogens with zero attached hydrogens (tertiary/aromatic N) is 3. The zero-order valence-electron chi connectivity index (χ0n) is 22.4. The van der Waals surface area contributed by atoms with Gasteiger partial charge in [0.05, 0.1) is 27.5 Å². The molecule has 0 spiro atoms. The largest absolute Gasteiger partial charge is 0.302 e. The van der Waals surface area contributed by atoms with Gasteiger partial charge in [-0.3, -0.25) is 14.4 Å². The summed E-state index contributed by atoms with van der Waals surface area (Å²) < 4.78 is 28.1. The molecule has 0 N–H and O–H groups in total. The third kappa shape index (κ3) is 7.30. The van der Waals surface area contributed by atoms with Crippen LogP contribution in [0.25, 0.3) is 11.3 Å². The van der Waals surface area contributed by atoms with Gasteiger partial charge in [0.25, 0.3) is 5.70 Å². The van der Waals surface area contributed by atoms with E-state index in [-0.39, 0.29) is 16.4 Å². The number of anilines is 1. The van der Waals surface area contributed by atoms with Crippen molar-refractivity contribution in [2.24, 2.45) is 0 Å². The van der Waals surface area contributed by atoms with Gasteiger partial charge in [0.15, 0.2) is 0 Å². The van der Waals surface area contributed by atoms with Gasteiger partial charge < -0.3 is 4.90 Å². The molecule has 7 nitrogen and oxygen atoms in total. The van der Waals surface area contributed by atoms with Crippen molar-refractivity contribution in [2.75, 3.05) is 36.2 Å². The van der Waals surface area contributed by atoms with Crippen LogP contribution >= 0.6 is 0 Å². The Labute approximate surface area is 226 Å². The van der Waals surface area contributed by atoms with Crippen molar-refractivity contribution in [3.63, 3.8) is 0 Å². The van der Waals surface area contributed by atoms with E-state index in [1.165, 1.54) is 4.31 Å². The molecule has 0 atom stereocenters. The number of likely N-dealkylation sites (N-methyl/N-ethyl adjacent to an activating group) is 1. The Morgan fingerprint density at radius 2 is 1.29 bits per heavy atom. The van der Waals surface area contributed by atoms with Crippen molar-refractivity contribution in [3.8, 4) is 0 Å². The van der Waals surface area contributed by atoms with E-state index >= 15 is 0 Å². The second kappa shape index (κ2) is 13.9. The molecule has 3 rings (SSSR count). The Kier molecular flexibility index (Phi) is 10.6. The van der Waals surface area contributed by atoms with Crippen LogP contribution in [-0.2, 0) is 10.0 Å². The Bertz CT molecular complexity index is 1300. The molecule has 0 saturated heterocycles. The van der Waals surface area contributed by atoms with Gasteiger partial charge in [-0.05, 0) is 54.9 Å². The summed E-state index contributed by atoms with van der Waals surface area (Å²) in [5.74, 6) is 0.0815. The molecule has 0 unspecified atom stereocenters. The SMILES string of the molecule is CCCCS(=O)(=O)N(CCN(CC)CC)c1ccc(C(=C(c2ccccc2)[N+](=O)[O-])c2ccccc2)cc1. The molecule has 0 saturated carbocycles. The first-order chi connectivity index (χ1) is 18.3. The van der Waals surface area contributed by atoms with Crippen LogP contribution in [-0.4, -0.2) is 50.2 Å². The fourth-order valence-corrected chi connectivity index (χ4v) is 6.09. The van der Waals surface area contributed by atoms with Gasteiger partial charge in [0.1, 0.15) is 0 Å². The van der Waals surface area contributed by atoms with E-state index in [0.29, 0.717) is 47.5 Å². The van der Waals surface area contributed by atoms with E-state index in [1.54, 1.807) is 48.5 Å². The molecule has 0 amide bonds. The standard InChI is InChI=1S/C30H37N3O4S/c1-4-7-24-38(36,37)32(23-22-31(5-2)6-3)28-20-18-26(19-21-28)29(25-14-10-8-11-15-25)30(33(34)35)27-16-12-9-13-17-27/h8-21H,4-7,22-24H2,1-3H3. The molecule has 202 valence electrons. The van der Waals surface area contributed by atoms with Gasteiger partial charge in [0, 0.05) is 13.1 Å². The minimum absolute atomic E-state index is 0.00138. The van der Waals surface area contributed by atoms with E-state index in [9.17, 15) is 18.5 Å². The maximum Gasteiger partial charge on any atom is 0.284 e. The second-order valence-corrected chi connectivity index (χ2v) is 11.0. The number of hydrogen-bond acceptors (Lipinski definition) is 5. The third-order valence-electron chi connectivity index (χ3n) is 6.58. The molecule has 0 radical (unpaired) electrons. The number of benzene rings is 3. The summed E-state index contributed by atoms with van der Waals surface area (Å²) in [5.41, 5.74) is 2.90. The summed E-state index contributed by atoms with van der Waals surface area (Å²) in [6.45, 7) is 8.74. The fourth-order valence-electron chi connectivity index (χ4n) is 4.41. The van der Waals surface area contributed by atoms with E-state index in [2.05, 4.69) is 18.7 Å². The fraction of sp³-hybridized carbons (Fsp3) is 0.333. The van der Waals surface area contributed by atoms with Crippen molar-refractivity contribution in [3.05, 3.63) is 112 Å². The van der Waals surface area contributed by atoms with Crippen LogP contribution in [0.4, 0.5) is 5.69 Å². The molecule has 0 aromatic heterocycles. The maximum atomic E-state index is 13.3. The number of rotatable bonds is 14. The van der Waals surface area contributed by atoms with Crippen LogP contribution in [0.2, 0.25) is 0 Å². The average molecular weight is 536 g/mol. The van der Waals surface area contributed by atoms with Crippen LogP contribution < -0.4 is 4.31 Å². The Hall–Kier alpha value is -3.49. The molecule has 8 heteroatoms. The van der Waals surface area contributed by atoms with Crippen molar-refractivity contribution >= 4 is 27.0 Å². The first kappa shape index (κ1) is 29.1. The average Bonchev–Trinajstić information content (AvgIpc) is 2.94. The molecular weight excluding hydrogens is 498 g/mol. The zero-order chi connectivity index (χ0) is 27.5. The molecule has 0 aliphatic rings. The maximum absolute atomic E-state index is 13.3. The topological polar surface area (TPSA) is 83.8 Å². The van der Waals surface area contributed by atoms with Crippen molar-refractivity contribution in [2.45, 2.75) is 33.6 Å². The summed E-state index contributed by atoms with van der Waals surface area (Å²) in [6.07, 6.45) is 1.38. The van der Waals surface area contributed by atoms with Gasteiger partial charge in [-0.15, -0.1) is 0 Å². The molecule has 0 aliphatic carbocycles. The van der Waals surface area contributed by atoms with Gasteiger partial charge in [0.2, 0.25) is 10.0 Å². The predicted octanol–water partition coefficient (Wildman–Crippen LogP) is 6.16. The Balaban J connectivity index is 2.11. The minimum atomic E-state index is -3.52. The van der Waals surface area contributed by atoms with E-state index in [4.69, 9.17) is 0 Å². The summed E-state index contributed by atoms with van der Waals surface area (Å²) in [4.78, 5) is 14.2. The van der Waals surface area contributed by atoms with E-state index in [1.807, 2.05) is 43.3 Å². The summed E-state index contributed by atoms with van der Waals surface area (Å²) >= 11 is 0. The van der Waals surface area contributed by atoms with E-state index < -0.39 is 10.0 Å². The molecular formula is C30H37N3O4S. The normalized spacial score (nSPS) is 12.3. The van der Waals surface area contributed by atoms with Crippen LogP contribution in [0.15, 0.2) is 84.9 Å². The Morgan fingerprint density at radius 3 is 1.79 bits per heavy atom. The lowest BCUT2D eigenvalue weighted by molar-refractivity contribution is -0.374. The first-order valence-corrected chi connectivity index (χ1v) is 14.8. The zero-order valence-corrected chi connectivity index (χ0v) is 23.2. The number of sulfonamides is 1. The molecule has 0 bridgehead atoms. The second-order valence-electron chi connectivity index (χ2n) is 9.03. The minimum Gasteiger partial charge on any atom is -0.302 e. The van der Waals surface area contributed by atoms with Gasteiger partial charge in [-0.25, -0.2) is 8.42 Å². The van der Waals surface area contributed by atoms with Crippen LogP contribution in [0.1, 0.15) is 50.3 Å². The number of hydrogen-bond donors (Lipinski definition) is 0. The van der Waals surface area contributed by atoms with Gasteiger partial charge >= 0.3 is 0 Å². The smallest absolute Gasteiger partial charge is 0.284 e. The molecule has 38 heavy (non-hydrogen) atoms. The highest BCUT2D eigenvalue weighted by atomic mass is 32.2. The van der Waals surface area contributed by atoms with Crippen molar-refractivity contribution in [1.29, 1.82) is 0 Å². The van der Waals surface area contributed by atoms with Gasteiger partial charge in [-0.1, -0.05) is 87.9 Å². The third-order valence-corrected chi connectivity index (χ3v) is 8.45. The summed E-state index contributed by atoms with van der Waals surface area (Å²) in [6, 6.07) is 25.2. The molecule has 3 aromatic carbocycles. The molecule has 0 aliphatic heterocycles. The van der Waals surface area contributed by atoms with Crippen molar-refractivity contribution < 1.29 is 13.3 Å². The summed E-state index contributed by atoms with van der Waals surface area (Å²) in [5, 5.41) is 12.4. The summed E-state index contributed by atoms with van der Waals surface area (Å²) in [7, 11) is -3.52. The first-order valence-electron chi connectivity index (χ1n) is 13.1. The predicted molar refractivity (Wildman–Crippen MR) is 156 cm³/mol. The van der Waals surface area contributed by atoms with Crippen molar-refractivity contribution in [1.82, 2.24) is 4.90 Å². The highest BCUT2D eigenvalue weighted by Gasteiger charge is 2.26. The molecule has 0 heterocycles. The lowest BCUT2D eigenvalue weighted by Crippen LogP contribution is -2.40. The quantitative estimate of drug-likeness (QED) is 0.140. The highest BCUT2D eigenvalue weighted by Crippen LogP contribution is 2.34. The lowest BCUT2D eigenvalue weighted by Gasteiger charge is -2.28. The van der Waals surface area contributed by atoms with Crippen LogP contribution in [0, 0.1) is 10.1 Å². The highest BCUT2D eigenvalue weighted by molar-refractivity contribution is 7.92. The van der Waals surface area contributed by atoms with Crippen LogP contribution in [0.5, 0.6) is 0 Å².